The molecule has 0 radical (unpaired) electrons. The number of allylic oxidation sites excluding steroid dienone is 4. The van der Waals surface area contributed by atoms with Crippen LogP contribution in [0, 0.1) is 45.3 Å². The molecule has 0 saturated heterocycles. The molecule has 0 heterocycles. The lowest BCUT2D eigenvalue weighted by Gasteiger charge is -2.54. The lowest BCUT2D eigenvalue weighted by atomic mass is 9.50. The minimum absolute atomic E-state index is 0.501. The predicted molar refractivity (Wildman–Crippen MR) is 162 cm³/mol. The van der Waals surface area contributed by atoms with Gasteiger partial charge in [-0.2, -0.15) is 0 Å². The van der Waals surface area contributed by atoms with Crippen molar-refractivity contribution in [3.8, 4) is 0 Å². The summed E-state index contributed by atoms with van der Waals surface area (Å²) in [6, 6.07) is 0. The van der Waals surface area contributed by atoms with Gasteiger partial charge in [0.2, 0.25) is 0 Å². The van der Waals surface area contributed by atoms with Gasteiger partial charge in [0.25, 0.3) is 0 Å². The third-order valence-corrected chi connectivity index (χ3v) is 12.9. The topological polar surface area (TPSA) is 0 Å². The van der Waals surface area contributed by atoms with Crippen LogP contribution in [0.5, 0.6) is 0 Å². The first-order valence-electron chi connectivity index (χ1n) is 17.0. The molecule has 5 saturated carbocycles. The lowest BCUT2D eigenvalue weighted by Crippen LogP contribution is -2.44. The fourth-order valence-corrected chi connectivity index (χ4v) is 10.3. The summed E-state index contributed by atoms with van der Waals surface area (Å²) in [5.74, 6) is 3.82. The molecule has 5 atom stereocenters. The van der Waals surface area contributed by atoms with Crippen LogP contribution < -0.4 is 0 Å². The van der Waals surface area contributed by atoms with E-state index in [1.165, 1.54) is 109 Å². The van der Waals surface area contributed by atoms with Crippen molar-refractivity contribution in [2.45, 2.75) is 164 Å². The maximum absolute atomic E-state index is 2.69. The van der Waals surface area contributed by atoms with Crippen molar-refractivity contribution in [3.63, 3.8) is 0 Å². The van der Waals surface area contributed by atoms with Crippen LogP contribution in [0.2, 0.25) is 0 Å². The molecule has 0 aromatic carbocycles. The maximum atomic E-state index is 2.69. The van der Waals surface area contributed by atoms with Gasteiger partial charge in [-0.25, -0.2) is 0 Å². The van der Waals surface area contributed by atoms with Gasteiger partial charge in [0.05, 0.1) is 0 Å². The third-order valence-electron chi connectivity index (χ3n) is 12.9. The van der Waals surface area contributed by atoms with E-state index in [0.717, 1.165) is 29.1 Å². The average molecular weight is 507 g/mol. The first-order valence-corrected chi connectivity index (χ1v) is 17.0. The molecule has 210 valence electrons. The van der Waals surface area contributed by atoms with Crippen LogP contribution in [0.3, 0.4) is 0 Å². The monoisotopic (exact) mass is 506 g/mol. The molecule has 5 unspecified atom stereocenters. The fourth-order valence-electron chi connectivity index (χ4n) is 10.3. The first-order chi connectivity index (χ1) is 17.6. The highest BCUT2D eigenvalue weighted by molar-refractivity contribution is 5.28. The highest BCUT2D eigenvalue weighted by atomic mass is 14.6. The standard InChI is InChI=1S/C37H62/c1-7-28(2)26-36(22-11-23-36)33-19-15-29(27-37(33)24-25-37)14-16-30-12-10-21-35(6)31(17-18-32(30)35)13-8-9-20-34(3,4)5/h14,16,28,31-33H,7-13,15,17-27H2,1-6H3/b29-14-,30-16+. The number of unbranched alkanes of at least 4 members (excludes halogenated alkanes) is 1. The van der Waals surface area contributed by atoms with Crippen LogP contribution in [0.1, 0.15) is 164 Å². The number of hydrogen-bond donors (Lipinski definition) is 0. The van der Waals surface area contributed by atoms with E-state index in [4.69, 9.17) is 0 Å². The van der Waals surface area contributed by atoms with Crippen molar-refractivity contribution >= 4 is 0 Å². The molecule has 0 nitrogen and oxygen atoms in total. The molecule has 37 heavy (non-hydrogen) atoms. The van der Waals surface area contributed by atoms with Gasteiger partial charge in [-0.1, -0.05) is 90.5 Å². The third kappa shape index (κ3) is 5.85. The van der Waals surface area contributed by atoms with Gasteiger partial charge in [-0.05, 0) is 142 Å². The summed E-state index contributed by atoms with van der Waals surface area (Å²) in [6.45, 7) is 14.8. The molecule has 0 amide bonds. The zero-order chi connectivity index (χ0) is 26.3. The second-order valence-electron chi connectivity index (χ2n) is 16.6. The zero-order valence-electron chi connectivity index (χ0n) is 25.9. The number of rotatable bonds is 9. The number of fused-ring (bicyclic) bond motifs is 1. The van der Waals surface area contributed by atoms with Crippen molar-refractivity contribution in [1.82, 2.24) is 0 Å². The van der Waals surface area contributed by atoms with Crippen LogP contribution in [0.25, 0.3) is 0 Å². The molecular weight excluding hydrogens is 444 g/mol. The Bertz CT molecular complexity index is 840. The van der Waals surface area contributed by atoms with Crippen molar-refractivity contribution < 1.29 is 0 Å². The maximum Gasteiger partial charge on any atom is -0.0143 e. The fraction of sp³-hybridized carbons (Fsp3) is 0.892. The largest absolute Gasteiger partial charge is 0.0696 e. The van der Waals surface area contributed by atoms with Gasteiger partial charge in [0.1, 0.15) is 0 Å². The minimum Gasteiger partial charge on any atom is -0.0696 e. The minimum atomic E-state index is 0.501. The van der Waals surface area contributed by atoms with Crippen molar-refractivity contribution in [1.29, 1.82) is 0 Å². The van der Waals surface area contributed by atoms with Gasteiger partial charge in [0, 0.05) is 0 Å². The lowest BCUT2D eigenvalue weighted by molar-refractivity contribution is -0.0312. The average Bonchev–Trinajstić information content (AvgIpc) is 3.49. The van der Waals surface area contributed by atoms with Gasteiger partial charge in [-0.15, -0.1) is 0 Å². The summed E-state index contributed by atoms with van der Waals surface area (Å²) < 4.78 is 0. The van der Waals surface area contributed by atoms with Gasteiger partial charge < -0.3 is 0 Å². The zero-order valence-corrected chi connectivity index (χ0v) is 25.9. The molecular formula is C37H62. The molecule has 0 bridgehead atoms. The number of hydrogen-bond acceptors (Lipinski definition) is 0. The van der Waals surface area contributed by atoms with Gasteiger partial charge in [0.15, 0.2) is 0 Å². The summed E-state index contributed by atoms with van der Waals surface area (Å²) in [4.78, 5) is 0. The van der Waals surface area contributed by atoms with E-state index >= 15 is 0 Å². The Hall–Kier alpha value is -0.520. The molecule has 5 aliphatic rings. The quantitative estimate of drug-likeness (QED) is 0.273. The SMILES string of the molecule is CCC(C)CC1(C2CC/C(=C/C=C3\CCCC4(C)C(CCCCC(C)(C)C)CCC34)CC23CC3)CCC1. The Labute approximate surface area is 231 Å². The second kappa shape index (κ2) is 10.8. The van der Waals surface area contributed by atoms with Crippen molar-refractivity contribution in [2.75, 3.05) is 0 Å². The van der Waals surface area contributed by atoms with E-state index in [1.807, 2.05) is 11.1 Å². The highest BCUT2D eigenvalue weighted by Gasteiger charge is 2.59. The van der Waals surface area contributed by atoms with Crippen LogP contribution >= 0.6 is 0 Å². The second-order valence-corrected chi connectivity index (χ2v) is 16.6. The van der Waals surface area contributed by atoms with E-state index in [-0.39, 0.29) is 0 Å². The van der Waals surface area contributed by atoms with E-state index < -0.39 is 0 Å². The molecule has 0 aliphatic heterocycles. The van der Waals surface area contributed by atoms with E-state index in [0.29, 0.717) is 16.2 Å². The normalized spacial score (nSPS) is 37.5. The Morgan fingerprint density at radius 1 is 0.919 bits per heavy atom. The van der Waals surface area contributed by atoms with Crippen LogP contribution in [0.15, 0.2) is 23.3 Å². The van der Waals surface area contributed by atoms with Crippen LogP contribution in [-0.4, -0.2) is 0 Å². The first kappa shape index (κ1) is 28.0. The van der Waals surface area contributed by atoms with Gasteiger partial charge >= 0.3 is 0 Å². The van der Waals surface area contributed by atoms with Crippen molar-refractivity contribution in [2.24, 2.45) is 45.3 Å². The molecule has 5 aliphatic carbocycles. The van der Waals surface area contributed by atoms with Crippen LogP contribution in [-0.2, 0) is 0 Å². The van der Waals surface area contributed by atoms with Crippen molar-refractivity contribution in [3.05, 3.63) is 23.3 Å². The summed E-state index contributed by atoms with van der Waals surface area (Å²) in [5.41, 5.74) is 6.20. The summed E-state index contributed by atoms with van der Waals surface area (Å²) in [7, 11) is 0. The summed E-state index contributed by atoms with van der Waals surface area (Å²) in [6.07, 6.45) is 33.3. The van der Waals surface area contributed by atoms with E-state index in [2.05, 4.69) is 53.7 Å². The molecule has 5 fully saturated rings. The Balaban J connectivity index is 1.21. The smallest absolute Gasteiger partial charge is 0.0143 e. The van der Waals surface area contributed by atoms with E-state index in [9.17, 15) is 0 Å². The Morgan fingerprint density at radius 2 is 1.70 bits per heavy atom. The Morgan fingerprint density at radius 3 is 2.35 bits per heavy atom. The molecule has 0 heteroatoms. The Kier molecular flexibility index (Phi) is 8.18. The summed E-state index contributed by atoms with van der Waals surface area (Å²) in [5, 5.41) is 0. The molecule has 5 rings (SSSR count). The van der Waals surface area contributed by atoms with Crippen LogP contribution in [0.4, 0.5) is 0 Å². The highest BCUT2D eigenvalue weighted by Crippen LogP contribution is 2.70. The van der Waals surface area contributed by atoms with E-state index in [1.54, 1.807) is 12.8 Å². The molecule has 1 spiro atoms. The van der Waals surface area contributed by atoms with Gasteiger partial charge in [-0.3, -0.25) is 0 Å². The predicted octanol–water partition coefficient (Wildman–Crippen LogP) is 11.8. The molecule has 0 N–H and O–H groups in total. The summed E-state index contributed by atoms with van der Waals surface area (Å²) >= 11 is 0. The molecule has 0 aromatic rings. The molecule has 0 aromatic heterocycles.